The van der Waals surface area contributed by atoms with Crippen LogP contribution in [0.15, 0.2) is 0 Å². The minimum absolute atomic E-state index is 0.0977. The van der Waals surface area contributed by atoms with E-state index in [1.165, 1.54) is 51.5 Å². The summed E-state index contributed by atoms with van der Waals surface area (Å²) in [5.41, 5.74) is 0.693. The Kier molecular flexibility index (Phi) is 2.64. The van der Waals surface area contributed by atoms with Crippen LogP contribution in [-0.4, -0.2) is 54.7 Å². The number of fused-ring (bicyclic) bond motifs is 1. The Morgan fingerprint density at radius 1 is 1.08 bits per heavy atom. The molecular weight excluding hydrogens is 326 g/mol. The summed E-state index contributed by atoms with van der Waals surface area (Å²) in [4.78, 5) is 2.75. The minimum atomic E-state index is -0.388. The summed E-state index contributed by atoms with van der Waals surface area (Å²) >= 11 is 0. The van der Waals surface area contributed by atoms with Crippen LogP contribution in [-0.2, 0) is 9.47 Å². The Balaban J connectivity index is 1.43. The second kappa shape index (κ2) is 4.37. The Bertz CT molecular complexity index is 676. The van der Waals surface area contributed by atoms with Gasteiger partial charge in [-0.3, -0.25) is 0 Å². The molecule has 10 atom stereocenters. The van der Waals surface area contributed by atoms with Gasteiger partial charge in [0.05, 0.1) is 12.7 Å². The zero-order valence-corrected chi connectivity index (χ0v) is 16.2. The number of hydrogen-bond acceptors (Lipinski definition) is 4. The van der Waals surface area contributed by atoms with Gasteiger partial charge in [-0.15, -0.1) is 0 Å². The largest absolute Gasteiger partial charge is 0.389 e. The molecule has 4 nitrogen and oxygen atoms in total. The van der Waals surface area contributed by atoms with Gasteiger partial charge in [0.15, 0.2) is 0 Å². The SMILES string of the molecule is CN1C[C@]2(C)CCC[C@]34C1[C@H](C[C@H]23)[C@@]12CC[C@@H](C[C@@H]41)[C@@]1(COCO1)[C@H]2O. The molecule has 0 radical (unpaired) electrons. The van der Waals surface area contributed by atoms with Crippen LogP contribution in [0, 0.1) is 39.9 Å². The Labute approximate surface area is 156 Å². The molecule has 1 N–H and O–H groups in total. The van der Waals surface area contributed by atoms with E-state index in [-0.39, 0.29) is 17.1 Å². The molecule has 8 fully saturated rings. The van der Waals surface area contributed by atoms with Crippen molar-refractivity contribution >= 4 is 0 Å². The van der Waals surface area contributed by atoms with Gasteiger partial charge in [0, 0.05) is 18.0 Å². The monoisotopic (exact) mass is 359 g/mol. The second-order valence-corrected chi connectivity index (χ2v) is 11.5. The summed E-state index contributed by atoms with van der Waals surface area (Å²) in [6.07, 6.45) is 9.03. The van der Waals surface area contributed by atoms with E-state index in [9.17, 15) is 5.11 Å². The third-order valence-electron chi connectivity index (χ3n) is 11.2. The van der Waals surface area contributed by atoms with Crippen LogP contribution in [0.25, 0.3) is 0 Å². The summed E-state index contributed by atoms with van der Waals surface area (Å²) in [5.74, 6) is 2.78. The number of rotatable bonds is 0. The van der Waals surface area contributed by atoms with E-state index >= 15 is 0 Å². The van der Waals surface area contributed by atoms with Crippen molar-refractivity contribution in [1.82, 2.24) is 4.90 Å². The summed E-state index contributed by atoms with van der Waals surface area (Å²) in [6.45, 7) is 4.86. The molecule has 2 aliphatic heterocycles. The third kappa shape index (κ3) is 1.30. The molecule has 0 aromatic heterocycles. The van der Waals surface area contributed by atoms with E-state index < -0.39 is 0 Å². The molecule has 8 rings (SSSR count). The normalized spacial score (nSPS) is 68.0. The van der Waals surface area contributed by atoms with Crippen molar-refractivity contribution in [2.45, 2.75) is 69.6 Å². The first-order chi connectivity index (χ1) is 12.5. The van der Waals surface area contributed by atoms with Crippen LogP contribution in [0.4, 0.5) is 0 Å². The Hall–Kier alpha value is -0.160. The maximum atomic E-state index is 11.9. The molecule has 0 aromatic rings. The molecule has 4 heteroatoms. The topological polar surface area (TPSA) is 41.9 Å². The molecule has 0 aromatic carbocycles. The quantitative estimate of drug-likeness (QED) is 0.722. The number of nitrogens with zero attached hydrogens (tertiary/aromatic N) is 1. The van der Waals surface area contributed by atoms with Gasteiger partial charge in [-0.1, -0.05) is 13.3 Å². The molecule has 8 aliphatic rings. The predicted molar refractivity (Wildman–Crippen MR) is 96.3 cm³/mol. The molecule has 3 spiro atoms. The molecule has 0 amide bonds. The van der Waals surface area contributed by atoms with Crippen molar-refractivity contribution in [3.05, 3.63) is 0 Å². The number of likely N-dealkylation sites (tertiary alicyclic amines) is 1. The van der Waals surface area contributed by atoms with Gasteiger partial charge in [0.25, 0.3) is 0 Å². The Morgan fingerprint density at radius 2 is 1.96 bits per heavy atom. The van der Waals surface area contributed by atoms with Crippen LogP contribution in [0.5, 0.6) is 0 Å². The fraction of sp³-hybridized carbons (Fsp3) is 1.00. The fourth-order valence-corrected chi connectivity index (χ4v) is 10.9. The predicted octanol–water partition coefficient (Wildman–Crippen LogP) is 2.65. The van der Waals surface area contributed by atoms with Crippen molar-refractivity contribution in [2.75, 3.05) is 27.0 Å². The van der Waals surface area contributed by atoms with Crippen molar-refractivity contribution < 1.29 is 14.6 Å². The van der Waals surface area contributed by atoms with Crippen LogP contribution in [0.1, 0.15) is 51.9 Å². The maximum absolute atomic E-state index is 11.9. The van der Waals surface area contributed by atoms with Crippen LogP contribution in [0.2, 0.25) is 0 Å². The minimum Gasteiger partial charge on any atom is -0.389 e. The standard InChI is InChI=1S/C22H33NO3/c1-19-5-3-6-21-15(19)9-14(17(21)23(2)10-19)20-7-4-13(8-16(20)21)22(18(20)24)11-25-12-26-22/h13-18,24H,3-12H2,1-2H3/t13-,14-,15+,16+,17?,18-,19-,20-,21-,22-/m0/s1. The van der Waals surface area contributed by atoms with E-state index in [2.05, 4.69) is 18.9 Å². The van der Waals surface area contributed by atoms with Crippen molar-refractivity contribution in [1.29, 1.82) is 0 Å². The lowest BCUT2D eigenvalue weighted by Crippen LogP contribution is -2.71. The van der Waals surface area contributed by atoms with Crippen molar-refractivity contribution in [3.63, 3.8) is 0 Å². The lowest BCUT2D eigenvalue weighted by Gasteiger charge is -2.69. The van der Waals surface area contributed by atoms with Gasteiger partial charge < -0.3 is 19.5 Å². The summed E-state index contributed by atoms with van der Waals surface area (Å²) in [5, 5.41) is 11.9. The molecule has 6 saturated carbocycles. The van der Waals surface area contributed by atoms with Gasteiger partial charge in [-0.2, -0.15) is 0 Å². The van der Waals surface area contributed by atoms with Crippen molar-refractivity contribution in [2.24, 2.45) is 39.9 Å². The van der Waals surface area contributed by atoms with E-state index in [1.807, 2.05) is 0 Å². The molecule has 2 saturated heterocycles. The summed E-state index contributed by atoms with van der Waals surface area (Å²) in [7, 11) is 2.40. The highest BCUT2D eigenvalue weighted by Crippen LogP contribution is 2.84. The van der Waals surface area contributed by atoms with Gasteiger partial charge in [-0.05, 0) is 80.1 Å². The number of ether oxygens (including phenoxy) is 2. The van der Waals surface area contributed by atoms with E-state index in [0.717, 1.165) is 11.8 Å². The fourth-order valence-electron chi connectivity index (χ4n) is 10.9. The second-order valence-electron chi connectivity index (χ2n) is 11.5. The third-order valence-corrected chi connectivity index (χ3v) is 11.2. The lowest BCUT2D eigenvalue weighted by atomic mass is 9.38. The maximum Gasteiger partial charge on any atom is 0.147 e. The number of hydrogen-bond donors (Lipinski definition) is 1. The zero-order valence-electron chi connectivity index (χ0n) is 16.2. The Morgan fingerprint density at radius 3 is 2.77 bits per heavy atom. The molecule has 26 heavy (non-hydrogen) atoms. The molecule has 7 bridgehead atoms. The highest BCUT2D eigenvalue weighted by molar-refractivity contribution is 5.34. The first-order valence-electron chi connectivity index (χ1n) is 11.1. The van der Waals surface area contributed by atoms with Crippen molar-refractivity contribution in [3.8, 4) is 0 Å². The van der Waals surface area contributed by atoms with Gasteiger partial charge in [0.2, 0.25) is 0 Å². The van der Waals surface area contributed by atoms with Gasteiger partial charge in [0.1, 0.15) is 12.4 Å². The highest BCUT2D eigenvalue weighted by atomic mass is 16.7. The van der Waals surface area contributed by atoms with E-state index in [1.54, 1.807) is 0 Å². The van der Waals surface area contributed by atoms with E-state index in [4.69, 9.17) is 9.47 Å². The first kappa shape index (κ1) is 15.7. The van der Waals surface area contributed by atoms with Gasteiger partial charge >= 0.3 is 0 Å². The number of aliphatic hydroxyl groups is 1. The number of piperidine rings is 1. The van der Waals surface area contributed by atoms with Crippen LogP contribution in [0.3, 0.4) is 0 Å². The highest BCUT2D eigenvalue weighted by Gasteiger charge is 2.84. The molecule has 1 unspecified atom stereocenters. The molecule has 2 heterocycles. The molecular formula is C22H33NO3. The number of aliphatic hydroxyl groups excluding tert-OH is 1. The summed E-state index contributed by atoms with van der Waals surface area (Å²) < 4.78 is 11.9. The zero-order chi connectivity index (χ0) is 17.5. The lowest BCUT2D eigenvalue weighted by molar-refractivity contribution is -0.277. The average molecular weight is 360 g/mol. The smallest absolute Gasteiger partial charge is 0.147 e. The van der Waals surface area contributed by atoms with Gasteiger partial charge in [-0.25, -0.2) is 0 Å². The van der Waals surface area contributed by atoms with Crippen LogP contribution >= 0.6 is 0 Å². The summed E-state index contributed by atoms with van der Waals surface area (Å²) in [6, 6.07) is 0.705. The average Bonchev–Trinajstić information content (AvgIpc) is 3.26. The molecule has 144 valence electrons. The first-order valence-corrected chi connectivity index (χ1v) is 11.1. The molecule has 6 aliphatic carbocycles. The van der Waals surface area contributed by atoms with Crippen LogP contribution < -0.4 is 0 Å². The van der Waals surface area contributed by atoms with E-state index in [0.29, 0.717) is 42.1 Å².